The fourth-order valence-corrected chi connectivity index (χ4v) is 3.17. The number of methoxy groups -OCH3 is 1. The number of nitrogens with zero attached hydrogens (tertiary/aromatic N) is 2. The molecule has 1 aromatic carbocycles. The van der Waals surface area contributed by atoms with E-state index in [1.54, 1.807) is 14.2 Å². The molecule has 0 bridgehead atoms. The fraction of sp³-hybridized carbons (Fsp3) is 0.545. The Morgan fingerprint density at radius 2 is 1.97 bits per heavy atom. The maximum Gasteiger partial charge on any atom is 0.191 e. The van der Waals surface area contributed by atoms with Gasteiger partial charge in [0, 0.05) is 32.1 Å². The van der Waals surface area contributed by atoms with Crippen molar-refractivity contribution >= 4 is 5.96 Å². The van der Waals surface area contributed by atoms with Crippen molar-refractivity contribution in [3.05, 3.63) is 40.8 Å². The van der Waals surface area contributed by atoms with Gasteiger partial charge in [-0.1, -0.05) is 25.1 Å². The van der Waals surface area contributed by atoms with Gasteiger partial charge in [0.25, 0.3) is 0 Å². The molecule has 7 nitrogen and oxygen atoms in total. The Bertz CT molecular complexity index is 765. The summed E-state index contributed by atoms with van der Waals surface area (Å²) in [7, 11) is 3.44. The van der Waals surface area contributed by atoms with Crippen LogP contribution in [0.2, 0.25) is 0 Å². The van der Waals surface area contributed by atoms with Crippen LogP contribution in [0.25, 0.3) is 0 Å². The quantitative estimate of drug-likeness (QED) is 0.340. The summed E-state index contributed by atoms with van der Waals surface area (Å²) in [5.74, 6) is 3.28. The van der Waals surface area contributed by atoms with E-state index in [0.717, 1.165) is 66.7 Å². The van der Waals surface area contributed by atoms with Crippen molar-refractivity contribution in [3.8, 4) is 11.5 Å². The van der Waals surface area contributed by atoms with Gasteiger partial charge in [-0.2, -0.15) is 0 Å². The number of aromatic nitrogens is 1. The lowest BCUT2D eigenvalue weighted by molar-refractivity contribution is 0.310. The van der Waals surface area contributed by atoms with E-state index in [0.29, 0.717) is 13.2 Å². The van der Waals surface area contributed by atoms with E-state index in [1.165, 1.54) is 5.56 Å². The first-order valence-corrected chi connectivity index (χ1v) is 10.4. The summed E-state index contributed by atoms with van der Waals surface area (Å²) in [5.41, 5.74) is 3.37. The van der Waals surface area contributed by atoms with Gasteiger partial charge in [-0.05, 0) is 43.9 Å². The molecule has 0 unspecified atom stereocenters. The number of aliphatic imine (C=N–C) groups is 1. The van der Waals surface area contributed by atoms with E-state index in [4.69, 9.17) is 14.0 Å². The zero-order valence-electron chi connectivity index (χ0n) is 18.3. The van der Waals surface area contributed by atoms with E-state index in [9.17, 15) is 0 Å². The Hall–Kier alpha value is -2.70. The summed E-state index contributed by atoms with van der Waals surface area (Å²) >= 11 is 0. The minimum absolute atomic E-state index is 0.620. The predicted octanol–water partition coefficient (Wildman–Crippen LogP) is 3.50. The van der Waals surface area contributed by atoms with Crippen LogP contribution in [0.3, 0.4) is 0 Å². The lowest BCUT2D eigenvalue weighted by atomic mass is 10.1. The largest absolute Gasteiger partial charge is 0.493 e. The third-order valence-corrected chi connectivity index (χ3v) is 4.73. The number of guanidine groups is 1. The van der Waals surface area contributed by atoms with E-state index in [2.05, 4.69) is 46.8 Å². The number of hydrogen-bond donors (Lipinski definition) is 2. The Kier molecular flexibility index (Phi) is 9.34. The molecule has 0 atom stereocenters. The van der Waals surface area contributed by atoms with Crippen LogP contribution in [-0.2, 0) is 25.8 Å². The third-order valence-electron chi connectivity index (χ3n) is 4.73. The van der Waals surface area contributed by atoms with Gasteiger partial charge in [0.05, 0.1) is 19.4 Å². The van der Waals surface area contributed by atoms with Gasteiger partial charge in [-0.3, -0.25) is 4.99 Å². The van der Waals surface area contributed by atoms with Gasteiger partial charge in [0.1, 0.15) is 5.76 Å². The number of hydrogen-bond acceptors (Lipinski definition) is 5. The van der Waals surface area contributed by atoms with Crippen molar-refractivity contribution in [3.63, 3.8) is 0 Å². The second-order valence-electron chi connectivity index (χ2n) is 6.61. The third kappa shape index (κ3) is 6.41. The second-order valence-corrected chi connectivity index (χ2v) is 6.61. The van der Waals surface area contributed by atoms with E-state index >= 15 is 0 Å². The molecule has 1 heterocycles. The molecule has 1 aromatic heterocycles. The minimum Gasteiger partial charge on any atom is -0.493 e. The molecule has 0 radical (unpaired) electrons. The fourth-order valence-electron chi connectivity index (χ4n) is 3.17. The summed E-state index contributed by atoms with van der Waals surface area (Å²) in [5, 5.41) is 10.9. The Balaban J connectivity index is 1.82. The van der Waals surface area contributed by atoms with Gasteiger partial charge in [-0.25, -0.2) is 0 Å². The van der Waals surface area contributed by atoms with Gasteiger partial charge in [-0.15, -0.1) is 0 Å². The maximum atomic E-state index is 5.65. The summed E-state index contributed by atoms with van der Waals surface area (Å²) in [4.78, 5) is 4.31. The molecule has 0 spiro atoms. The molecule has 29 heavy (non-hydrogen) atoms. The Labute approximate surface area is 173 Å². The first kappa shape index (κ1) is 22.6. The van der Waals surface area contributed by atoms with Gasteiger partial charge in [0.2, 0.25) is 0 Å². The van der Waals surface area contributed by atoms with Crippen LogP contribution in [0.4, 0.5) is 0 Å². The zero-order valence-corrected chi connectivity index (χ0v) is 18.3. The first-order chi connectivity index (χ1) is 14.2. The summed E-state index contributed by atoms with van der Waals surface area (Å²) in [6.45, 7) is 8.24. The molecular weight excluding hydrogens is 368 g/mol. The second kappa shape index (κ2) is 12.0. The highest BCUT2D eigenvalue weighted by molar-refractivity contribution is 5.79. The smallest absolute Gasteiger partial charge is 0.191 e. The molecule has 7 heteroatoms. The normalized spacial score (nSPS) is 11.4. The molecule has 0 saturated heterocycles. The van der Waals surface area contributed by atoms with Crippen LogP contribution in [0.1, 0.15) is 49.8 Å². The number of ether oxygens (including phenoxy) is 2. The lowest BCUT2D eigenvalue weighted by Gasteiger charge is -2.13. The van der Waals surface area contributed by atoms with Crippen LogP contribution in [0.15, 0.2) is 27.7 Å². The number of rotatable bonds is 11. The average molecular weight is 403 g/mol. The Morgan fingerprint density at radius 1 is 1.14 bits per heavy atom. The van der Waals surface area contributed by atoms with Gasteiger partial charge in [0.15, 0.2) is 17.5 Å². The van der Waals surface area contributed by atoms with Crippen molar-refractivity contribution in [2.24, 2.45) is 4.99 Å². The molecule has 160 valence electrons. The van der Waals surface area contributed by atoms with Crippen LogP contribution in [0.5, 0.6) is 11.5 Å². The predicted molar refractivity (Wildman–Crippen MR) is 116 cm³/mol. The highest BCUT2D eigenvalue weighted by atomic mass is 16.5. The molecule has 0 saturated carbocycles. The zero-order chi connectivity index (χ0) is 21.1. The van der Waals surface area contributed by atoms with Crippen LogP contribution in [0, 0.1) is 0 Å². The molecule has 0 fully saturated rings. The van der Waals surface area contributed by atoms with Crippen molar-refractivity contribution in [1.82, 2.24) is 15.8 Å². The monoisotopic (exact) mass is 402 g/mol. The molecule has 0 aliphatic carbocycles. The van der Waals surface area contributed by atoms with Crippen LogP contribution >= 0.6 is 0 Å². The maximum absolute atomic E-state index is 5.65. The van der Waals surface area contributed by atoms with Crippen LogP contribution in [-0.4, -0.2) is 38.4 Å². The lowest BCUT2D eigenvalue weighted by Crippen LogP contribution is -2.37. The van der Waals surface area contributed by atoms with Crippen molar-refractivity contribution in [2.75, 3.05) is 27.3 Å². The van der Waals surface area contributed by atoms with Gasteiger partial charge >= 0.3 is 0 Å². The molecule has 0 aliphatic rings. The molecule has 0 amide bonds. The average Bonchev–Trinajstić information content (AvgIpc) is 3.15. The highest BCUT2D eigenvalue weighted by Crippen LogP contribution is 2.28. The molecule has 0 aliphatic heterocycles. The number of nitrogens with one attached hydrogen (secondary N) is 2. The number of aryl methyl sites for hydroxylation is 3. The molecular formula is C22H34N4O3. The topological polar surface area (TPSA) is 80.9 Å². The first-order valence-electron chi connectivity index (χ1n) is 10.4. The summed E-state index contributed by atoms with van der Waals surface area (Å²) < 4.78 is 16.4. The summed E-state index contributed by atoms with van der Waals surface area (Å²) in [6.07, 6.45) is 3.62. The van der Waals surface area contributed by atoms with Crippen LogP contribution < -0.4 is 20.1 Å². The van der Waals surface area contributed by atoms with Gasteiger partial charge < -0.3 is 24.6 Å². The van der Waals surface area contributed by atoms with Crippen molar-refractivity contribution in [1.29, 1.82) is 0 Å². The number of benzene rings is 1. The summed E-state index contributed by atoms with van der Waals surface area (Å²) in [6, 6.07) is 6.10. The molecule has 2 N–H and O–H groups in total. The molecule has 2 aromatic rings. The standard InChI is InChI=1S/C22H34N4O3/c1-6-18-17(19(7-2)29-26-18)15-25-22(23-4)24-13-9-10-16-11-12-20(27-5)21(14-16)28-8-3/h11-12,14H,6-10,13,15H2,1-5H3,(H2,23,24,25). The van der Waals surface area contributed by atoms with Crippen molar-refractivity contribution < 1.29 is 14.0 Å². The van der Waals surface area contributed by atoms with E-state index < -0.39 is 0 Å². The SMILES string of the molecule is CCOc1cc(CCCNC(=NC)NCc2c(CC)noc2CC)ccc1OC. The highest BCUT2D eigenvalue weighted by Gasteiger charge is 2.13. The minimum atomic E-state index is 0.620. The molecule has 2 rings (SSSR count). The van der Waals surface area contributed by atoms with E-state index in [-0.39, 0.29) is 0 Å². The van der Waals surface area contributed by atoms with Crippen molar-refractivity contribution in [2.45, 2.75) is 53.0 Å². The van der Waals surface area contributed by atoms with E-state index in [1.807, 2.05) is 13.0 Å². The Morgan fingerprint density at radius 3 is 2.62 bits per heavy atom.